The van der Waals surface area contributed by atoms with E-state index in [0.29, 0.717) is 19.0 Å². The fourth-order valence-electron chi connectivity index (χ4n) is 5.55. The zero-order chi connectivity index (χ0) is 26.2. The van der Waals surface area contributed by atoms with Crippen LogP contribution in [0.4, 0.5) is 11.6 Å². The summed E-state index contributed by atoms with van der Waals surface area (Å²) in [6.07, 6.45) is 6.98. The van der Waals surface area contributed by atoms with Crippen molar-refractivity contribution in [3.8, 4) is 0 Å². The van der Waals surface area contributed by atoms with E-state index >= 15 is 0 Å². The number of fused-ring (bicyclic) bond motifs is 1. The largest absolute Gasteiger partial charge is 0.389 e. The molecule has 1 aromatic carbocycles. The topological polar surface area (TPSA) is 99.4 Å². The number of hydrogen-bond acceptors (Lipinski definition) is 7. The first kappa shape index (κ1) is 25.4. The predicted molar refractivity (Wildman–Crippen MR) is 142 cm³/mol. The van der Waals surface area contributed by atoms with E-state index in [1.54, 1.807) is 24.7 Å². The van der Waals surface area contributed by atoms with Crippen molar-refractivity contribution in [3.05, 3.63) is 65.7 Å². The maximum absolute atomic E-state index is 14.0. The summed E-state index contributed by atoms with van der Waals surface area (Å²) < 4.78 is 1.69. The fourth-order valence-corrected chi connectivity index (χ4v) is 5.55. The van der Waals surface area contributed by atoms with E-state index in [2.05, 4.69) is 58.5 Å². The molecule has 0 unspecified atom stereocenters. The highest BCUT2D eigenvalue weighted by atomic mass is 16.3. The summed E-state index contributed by atoms with van der Waals surface area (Å²) >= 11 is 0. The highest BCUT2D eigenvalue weighted by molar-refractivity contribution is 5.81. The van der Waals surface area contributed by atoms with Crippen LogP contribution in [0, 0.1) is 5.92 Å². The molecular weight excluding hydrogens is 466 g/mol. The second-order valence-electron chi connectivity index (χ2n) is 11.2. The SMILES string of the molecule is C[C@@H]1Cc2cnc(Nc3cnn(CC(C)(C)O)c3)nc2CN1C(=O)[C@H]1CCN(C)C[C@@H]1c1ccccc1. The molecule has 37 heavy (non-hydrogen) atoms. The Morgan fingerprint density at radius 1 is 1.22 bits per heavy atom. The van der Waals surface area contributed by atoms with Crippen LogP contribution in [0.2, 0.25) is 0 Å². The zero-order valence-corrected chi connectivity index (χ0v) is 22.1. The molecule has 1 saturated heterocycles. The molecule has 0 spiro atoms. The number of hydrogen-bond donors (Lipinski definition) is 2. The number of aromatic nitrogens is 4. The van der Waals surface area contributed by atoms with Crippen molar-refractivity contribution in [2.75, 3.05) is 25.5 Å². The van der Waals surface area contributed by atoms with E-state index in [4.69, 9.17) is 4.98 Å². The molecular formula is C28H37N7O2. The zero-order valence-electron chi connectivity index (χ0n) is 22.1. The van der Waals surface area contributed by atoms with Crippen LogP contribution >= 0.6 is 0 Å². The van der Waals surface area contributed by atoms with Gasteiger partial charge in [0.05, 0.1) is 36.3 Å². The summed E-state index contributed by atoms with van der Waals surface area (Å²) in [6, 6.07) is 10.5. The molecule has 2 aliphatic heterocycles. The van der Waals surface area contributed by atoms with Gasteiger partial charge in [0.1, 0.15) is 0 Å². The molecule has 3 aromatic rings. The standard InChI is InChI=1S/C28H37N7O2/c1-19-12-21-13-29-27(31-22-14-30-34(15-22)18-28(2,3)37)32-25(21)17-35(19)26(36)23-10-11-33(4)16-24(23)20-8-6-5-7-9-20/h5-9,13-15,19,23-24,37H,10-12,16-18H2,1-4H3,(H,29,31,32)/t19-,23+,24-/m1/s1. The Bertz CT molecular complexity index is 1240. The minimum absolute atomic E-state index is 0.0383. The molecule has 0 bridgehead atoms. The molecule has 2 N–H and O–H groups in total. The molecule has 9 heteroatoms. The first-order chi connectivity index (χ1) is 17.7. The maximum Gasteiger partial charge on any atom is 0.227 e. The molecule has 0 radical (unpaired) electrons. The van der Waals surface area contributed by atoms with Gasteiger partial charge in [0.25, 0.3) is 0 Å². The van der Waals surface area contributed by atoms with E-state index in [1.807, 2.05) is 23.4 Å². The average Bonchev–Trinajstić information content (AvgIpc) is 3.28. The summed E-state index contributed by atoms with van der Waals surface area (Å²) in [5, 5.41) is 17.6. The molecule has 3 atom stereocenters. The summed E-state index contributed by atoms with van der Waals surface area (Å²) in [7, 11) is 2.14. The average molecular weight is 504 g/mol. The van der Waals surface area contributed by atoms with Crippen molar-refractivity contribution in [1.29, 1.82) is 0 Å². The molecule has 0 aliphatic carbocycles. The van der Waals surface area contributed by atoms with E-state index in [9.17, 15) is 9.90 Å². The minimum atomic E-state index is -0.856. The maximum atomic E-state index is 14.0. The van der Waals surface area contributed by atoms with E-state index in [-0.39, 0.29) is 23.8 Å². The van der Waals surface area contributed by atoms with Gasteiger partial charge in [0.2, 0.25) is 11.9 Å². The lowest BCUT2D eigenvalue weighted by Crippen LogP contribution is -2.50. The van der Waals surface area contributed by atoms with Crippen LogP contribution in [0.15, 0.2) is 48.9 Å². The van der Waals surface area contributed by atoms with Gasteiger partial charge in [0.15, 0.2) is 0 Å². The van der Waals surface area contributed by atoms with Gasteiger partial charge in [-0.15, -0.1) is 0 Å². The number of aliphatic hydroxyl groups is 1. The third-order valence-electron chi connectivity index (χ3n) is 7.40. The number of likely N-dealkylation sites (N-methyl/N-ethyl adjacent to an activating group) is 1. The third kappa shape index (κ3) is 5.83. The first-order valence-electron chi connectivity index (χ1n) is 13.1. The van der Waals surface area contributed by atoms with Crippen LogP contribution in [0.3, 0.4) is 0 Å². The van der Waals surface area contributed by atoms with Gasteiger partial charge in [-0.05, 0) is 58.3 Å². The lowest BCUT2D eigenvalue weighted by Gasteiger charge is -2.42. The third-order valence-corrected chi connectivity index (χ3v) is 7.40. The first-order valence-corrected chi connectivity index (χ1v) is 13.1. The number of carbonyl (C=O) groups excluding carboxylic acids is 1. The molecule has 4 heterocycles. The van der Waals surface area contributed by atoms with Crippen LogP contribution in [-0.4, -0.2) is 72.3 Å². The summed E-state index contributed by atoms with van der Waals surface area (Å²) in [5.41, 5.74) is 3.10. The van der Waals surface area contributed by atoms with E-state index < -0.39 is 5.60 Å². The highest BCUT2D eigenvalue weighted by Crippen LogP contribution is 2.35. The van der Waals surface area contributed by atoms with E-state index in [0.717, 1.165) is 42.9 Å². The fraction of sp³-hybridized carbons (Fsp3) is 0.500. The molecule has 9 nitrogen and oxygen atoms in total. The summed E-state index contributed by atoms with van der Waals surface area (Å²) in [4.78, 5) is 27.6. The van der Waals surface area contributed by atoms with Crippen LogP contribution < -0.4 is 5.32 Å². The predicted octanol–water partition coefficient (Wildman–Crippen LogP) is 3.20. The van der Waals surface area contributed by atoms with Crippen molar-refractivity contribution in [1.82, 2.24) is 29.5 Å². The lowest BCUT2D eigenvalue weighted by molar-refractivity contribution is -0.141. The molecule has 1 fully saturated rings. The molecule has 0 saturated carbocycles. The Morgan fingerprint density at radius 3 is 2.76 bits per heavy atom. The molecule has 1 amide bonds. The smallest absolute Gasteiger partial charge is 0.227 e. The van der Waals surface area contributed by atoms with Crippen LogP contribution in [0.5, 0.6) is 0 Å². The highest BCUT2D eigenvalue weighted by Gasteiger charge is 2.39. The van der Waals surface area contributed by atoms with Crippen molar-refractivity contribution >= 4 is 17.5 Å². The number of rotatable bonds is 6. The number of nitrogens with zero attached hydrogens (tertiary/aromatic N) is 6. The molecule has 5 rings (SSSR count). The second kappa shape index (κ2) is 10.2. The Kier molecular flexibility index (Phi) is 7.00. The number of anilines is 2. The molecule has 2 aliphatic rings. The summed E-state index contributed by atoms with van der Waals surface area (Å²) in [5.74, 6) is 0.846. The lowest BCUT2D eigenvalue weighted by atomic mass is 9.79. The van der Waals surface area contributed by atoms with Gasteiger partial charge in [-0.2, -0.15) is 5.10 Å². The molecule has 196 valence electrons. The Balaban J connectivity index is 1.32. The Morgan fingerprint density at radius 2 is 2.00 bits per heavy atom. The van der Waals surface area contributed by atoms with Gasteiger partial charge >= 0.3 is 0 Å². The van der Waals surface area contributed by atoms with Crippen LogP contribution in [0.25, 0.3) is 0 Å². The van der Waals surface area contributed by atoms with Gasteiger partial charge in [-0.3, -0.25) is 9.48 Å². The summed E-state index contributed by atoms with van der Waals surface area (Å²) in [6.45, 7) is 8.29. The van der Waals surface area contributed by atoms with Gasteiger partial charge < -0.3 is 20.2 Å². The number of carbonyl (C=O) groups is 1. The van der Waals surface area contributed by atoms with Gasteiger partial charge in [-0.25, -0.2) is 9.97 Å². The minimum Gasteiger partial charge on any atom is -0.389 e. The number of benzene rings is 1. The number of piperidine rings is 1. The van der Waals surface area contributed by atoms with Crippen LogP contribution in [-0.2, 0) is 24.3 Å². The quantitative estimate of drug-likeness (QED) is 0.533. The number of nitrogens with one attached hydrogen (secondary N) is 1. The van der Waals surface area contributed by atoms with Gasteiger partial charge in [0, 0.05) is 36.8 Å². The van der Waals surface area contributed by atoms with Crippen molar-refractivity contribution in [2.24, 2.45) is 5.92 Å². The van der Waals surface area contributed by atoms with Gasteiger partial charge in [-0.1, -0.05) is 30.3 Å². The molecule has 2 aromatic heterocycles. The Labute approximate surface area is 218 Å². The van der Waals surface area contributed by atoms with Crippen LogP contribution in [0.1, 0.15) is 49.9 Å². The Hall–Kier alpha value is -3.30. The monoisotopic (exact) mass is 503 g/mol. The second-order valence-corrected chi connectivity index (χ2v) is 11.2. The van der Waals surface area contributed by atoms with E-state index in [1.165, 1.54) is 5.56 Å². The number of likely N-dealkylation sites (tertiary alicyclic amines) is 1. The normalized spacial score (nSPS) is 22.5. The van der Waals surface area contributed by atoms with Crippen molar-refractivity contribution in [3.63, 3.8) is 0 Å². The van der Waals surface area contributed by atoms with Crippen molar-refractivity contribution < 1.29 is 9.90 Å². The van der Waals surface area contributed by atoms with Crippen molar-refractivity contribution in [2.45, 2.75) is 64.3 Å². The number of amides is 1.